The van der Waals surface area contributed by atoms with Crippen molar-refractivity contribution < 1.29 is 0 Å². The van der Waals surface area contributed by atoms with Gasteiger partial charge in [0.25, 0.3) is 0 Å². The number of guanidine groups is 1. The summed E-state index contributed by atoms with van der Waals surface area (Å²) in [6.07, 6.45) is 0. The second-order valence-electron chi connectivity index (χ2n) is 3.10. The Hall–Kier alpha value is -0.870. The fourth-order valence-electron chi connectivity index (χ4n) is 1.10. The molecule has 0 heterocycles. The van der Waals surface area contributed by atoms with Crippen molar-refractivity contribution >= 4 is 29.3 Å². The van der Waals surface area contributed by atoms with Crippen molar-refractivity contribution in [1.82, 2.24) is 5.32 Å². The molecule has 3 N–H and O–H groups in total. The predicted molar refractivity (Wildman–Crippen MR) is 72.3 cm³/mol. The molecule has 0 aliphatic rings. The molecular formula is C11H16ClN3S. The van der Waals surface area contributed by atoms with Gasteiger partial charge in [0.05, 0.1) is 6.54 Å². The van der Waals surface area contributed by atoms with E-state index in [-0.39, 0.29) is 0 Å². The van der Waals surface area contributed by atoms with Crippen LogP contribution in [0.25, 0.3) is 0 Å². The Labute approximate surface area is 105 Å². The Balaban J connectivity index is 2.25. The third kappa shape index (κ3) is 5.28. The highest BCUT2D eigenvalue weighted by atomic mass is 35.5. The summed E-state index contributed by atoms with van der Waals surface area (Å²) in [5, 5.41) is 3.72. The van der Waals surface area contributed by atoms with E-state index >= 15 is 0 Å². The minimum atomic E-state index is 0.513. The summed E-state index contributed by atoms with van der Waals surface area (Å²) >= 11 is 7.53. The average Bonchev–Trinajstić information content (AvgIpc) is 2.27. The minimum absolute atomic E-state index is 0.513. The maximum atomic E-state index is 5.79. The van der Waals surface area contributed by atoms with Gasteiger partial charge in [0, 0.05) is 22.2 Å². The summed E-state index contributed by atoms with van der Waals surface area (Å²) < 4.78 is 0. The van der Waals surface area contributed by atoms with Gasteiger partial charge in [-0.3, -0.25) is 4.99 Å². The molecule has 0 aromatic heterocycles. The van der Waals surface area contributed by atoms with E-state index in [4.69, 9.17) is 17.3 Å². The van der Waals surface area contributed by atoms with Gasteiger partial charge in [-0.2, -0.15) is 0 Å². The van der Waals surface area contributed by atoms with Crippen molar-refractivity contribution in [2.24, 2.45) is 10.7 Å². The van der Waals surface area contributed by atoms with E-state index in [1.54, 1.807) is 11.8 Å². The molecule has 0 atom stereocenters. The highest BCUT2D eigenvalue weighted by Gasteiger charge is 1.94. The van der Waals surface area contributed by atoms with Gasteiger partial charge in [0.1, 0.15) is 0 Å². The van der Waals surface area contributed by atoms with Crippen LogP contribution in [0.3, 0.4) is 0 Å². The van der Waals surface area contributed by atoms with Crippen LogP contribution in [0.15, 0.2) is 34.2 Å². The topological polar surface area (TPSA) is 50.4 Å². The SMILES string of the molecule is CCNC(N)=NCCSc1ccc(Cl)cc1. The lowest BCUT2D eigenvalue weighted by atomic mass is 10.4. The molecule has 1 aromatic carbocycles. The number of aliphatic imine (C=N–C) groups is 1. The van der Waals surface area contributed by atoms with Crippen LogP contribution in [0.1, 0.15) is 6.92 Å². The van der Waals surface area contributed by atoms with Crippen LogP contribution in [0.5, 0.6) is 0 Å². The Morgan fingerprint density at radius 3 is 2.75 bits per heavy atom. The largest absolute Gasteiger partial charge is 0.370 e. The zero-order valence-electron chi connectivity index (χ0n) is 9.24. The first-order valence-electron chi connectivity index (χ1n) is 5.14. The van der Waals surface area contributed by atoms with Crippen LogP contribution in [0, 0.1) is 0 Å². The molecule has 0 radical (unpaired) electrons. The van der Waals surface area contributed by atoms with E-state index in [2.05, 4.69) is 10.3 Å². The summed E-state index contributed by atoms with van der Waals surface area (Å²) in [6.45, 7) is 3.51. The molecule has 0 bridgehead atoms. The molecule has 16 heavy (non-hydrogen) atoms. The molecule has 1 aromatic rings. The number of hydrogen-bond donors (Lipinski definition) is 2. The summed E-state index contributed by atoms with van der Waals surface area (Å²) in [5.41, 5.74) is 5.60. The number of thioether (sulfide) groups is 1. The van der Waals surface area contributed by atoms with Crippen molar-refractivity contribution in [3.8, 4) is 0 Å². The first kappa shape index (κ1) is 13.2. The van der Waals surface area contributed by atoms with Gasteiger partial charge in [0.15, 0.2) is 5.96 Å². The molecule has 0 saturated carbocycles. The van der Waals surface area contributed by atoms with Crippen molar-refractivity contribution in [3.05, 3.63) is 29.3 Å². The van der Waals surface area contributed by atoms with E-state index < -0.39 is 0 Å². The number of nitrogens with one attached hydrogen (secondary N) is 1. The molecule has 0 unspecified atom stereocenters. The smallest absolute Gasteiger partial charge is 0.188 e. The number of rotatable bonds is 5. The van der Waals surface area contributed by atoms with Crippen LogP contribution >= 0.6 is 23.4 Å². The zero-order valence-corrected chi connectivity index (χ0v) is 10.8. The van der Waals surface area contributed by atoms with Crippen LogP contribution in [-0.4, -0.2) is 24.8 Å². The Morgan fingerprint density at radius 1 is 1.44 bits per heavy atom. The quantitative estimate of drug-likeness (QED) is 0.369. The monoisotopic (exact) mass is 257 g/mol. The van der Waals surface area contributed by atoms with Gasteiger partial charge in [-0.25, -0.2) is 0 Å². The minimum Gasteiger partial charge on any atom is -0.370 e. The van der Waals surface area contributed by atoms with Gasteiger partial charge in [-0.05, 0) is 31.2 Å². The van der Waals surface area contributed by atoms with Crippen LogP contribution in [-0.2, 0) is 0 Å². The Bertz CT molecular complexity index is 338. The van der Waals surface area contributed by atoms with Gasteiger partial charge in [-0.1, -0.05) is 11.6 Å². The number of nitrogens with zero attached hydrogens (tertiary/aromatic N) is 1. The van der Waals surface area contributed by atoms with E-state index in [1.807, 2.05) is 31.2 Å². The second kappa shape index (κ2) is 7.41. The normalized spacial score (nSPS) is 11.5. The van der Waals surface area contributed by atoms with Crippen molar-refractivity contribution in [2.75, 3.05) is 18.8 Å². The van der Waals surface area contributed by atoms with Crippen molar-refractivity contribution in [3.63, 3.8) is 0 Å². The van der Waals surface area contributed by atoms with Crippen LogP contribution < -0.4 is 11.1 Å². The summed E-state index contributed by atoms with van der Waals surface area (Å²) in [4.78, 5) is 5.38. The number of hydrogen-bond acceptors (Lipinski definition) is 2. The number of nitrogens with two attached hydrogens (primary N) is 1. The molecule has 5 heteroatoms. The Kier molecular flexibility index (Phi) is 6.11. The zero-order chi connectivity index (χ0) is 11.8. The highest BCUT2D eigenvalue weighted by Crippen LogP contribution is 2.19. The van der Waals surface area contributed by atoms with Gasteiger partial charge in [0.2, 0.25) is 0 Å². The maximum absolute atomic E-state index is 5.79. The summed E-state index contributed by atoms with van der Waals surface area (Å²) in [5.74, 6) is 1.42. The fraction of sp³-hybridized carbons (Fsp3) is 0.364. The first-order valence-corrected chi connectivity index (χ1v) is 6.51. The molecule has 0 spiro atoms. The molecule has 0 aliphatic heterocycles. The molecule has 0 aliphatic carbocycles. The van der Waals surface area contributed by atoms with Gasteiger partial charge < -0.3 is 11.1 Å². The van der Waals surface area contributed by atoms with Crippen molar-refractivity contribution in [2.45, 2.75) is 11.8 Å². The average molecular weight is 258 g/mol. The van der Waals surface area contributed by atoms with E-state index in [0.29, 0.717) is 12.5 Å². The number of halogens is 1. The fourth-order valence-corrected chi connectivity index (χ4v) is 1.97. The van der Waals surface area contributed by atoms with Crippen LogP contribution in [0.4, 0.5) is 0 Å². The third-order valence-corrected chi connectivity index (χ3v) is 3.06. The number of benzene rings is 1. The summed E-state index contributed by atoms with van der Waals surface area (Å²) in [7, 11) is 0. The lowest BCUT2D eigenvalue weighted by Gasteiger charge is -2.02. The summed E-state index contributed by atoms with van der Waals surface area (Å²) in [6, 6.07) is 7.79. The Morgan fingerprint density at radius 2 is 2.12 bits per heavy atom. The molecule has 0 fully saturated rings. The highest BCUT2D eigenvalue weighted by molar-refractivity contribution is 7.99. The molecule has 1 rings (SSSR count). The van der Waals surface area contributed by atoms with E-state index in [1.165, 1.54) is 4.90 Å². The van der Waals surface area contributed by atoms with E-state index in [9.17, 15) is 0 Å². The maximum Gasteiger partial charge on any atom is 0.188 e. The van der Waals surface area contributed by atoms with Gasteiger partial charge in [-0.15, -0.1) is 11.8 Å². The molecule has 0 amide bonds. The molecular weight excluding hydrogens is 242 g/mol. The van der Waals surface area contributed by atoms with Gasteiger partial charge >= 0.3 is 0 Å². The molecule has 0 saturated heterocycles. The lowest BCUT2D eigenvalue weighted by molar-refractivity contribution is 0.936. The standard InChI is InChI=1S/C11H16ClN3S/c1-2-14-11(13)15-7-8-16-10-5-3-9(12)4-6-10/h3-6H,2,7-8H2,1H3,(H3,13,14,15). The third-order valence-electron chi connectivity index (χ3n) is 1.81. The van der Waals surface area contributed by atoms with Crippen molar-refractivity contribution in [1.29, 1.82) is 0 Å². The molecule has 3 nitrogen and oxygen atoms in total. The predicted octanol–water partition coefficient (Wildman–Crippen LogP) is 2.36. The van der Waals surface area contributed by atoms with Crippen LogP contribution in [0.2, 0.25) is 5.02 Å². The second-order valence-corrected chi connectivity index (χ2v) is 4.70. The first-order chi connectivity index (χ1) is 7.72. The molecule has 88 valence electrons. The lowest BCUT2D eigenvalue weighted by Crippen LogP contribution is -2.31. The van der Waals surface area contributed by atoms with E-state index in [0.717, 1.165) is 17.3 Å².